The minimum atomic E-state index is -0.342. The normalized spacial score (nSPS) is 16.3. The van der Waals surface area contributed by atoms with Crippen molar-refractivity contribution in [3.63, 3.8) is 0 Å². The number of methoxy groups -OCH3 is 2. The number of ether oxygens (including phenoxy) is 2. The van der Waals surface area contributed by atoms with Crippen LogP contribution in [0.5, 0.6) is 11.5 Å². The Bertz CT molecular complexity index is 912. The van der Waals surface area contributed by atoms with Crippen molar-refractivity contribution >= 4 is 23.6 Å². The molecule has 1 saturated heterocycles. The topological polar surface area (TPSA) is 67.9 Å². The fourth-order valence-corrected chi connectivity index (χ4v) is 3.22. The summed E-state index contributed by atoms with van der Waals surface area (Å²) in [5.41, 5.74) is 1.47. The van der Waals surface area contributed by atoms with Crippen molar-refractivity contribution in [3.8, 4) is 11.5 Å². The maximum Gasteiger partial charge on any atom is 0.244 e. The molecule has 1 heterocycles. The van der Waals surface area contributed by atoms with Gasteiger partial charge in [0.15, 0.2) is 11.5 Å². The molecular weight excluding hydrogens is 375 g/mol. The molecule has 0 aromatic heterocycles. The van der Waals surface area contributed by atoms with Gasteiger partial charge in [-0.15, -0.1) is 0 Å². The van der Waals surface area contributed by atoms with Crippen molar-refractivity contribution in [3.05, 3.63) is 59.9 Å². The number of nitrogens with one attached hydrogen (secondary N) is 1. The van der Waals surface area contributed by atoms with Crippen LogP contribution in [0.15, 0.2) is 48.5 Å². The third kappa shape index (κ3) is 5.13. The molecule has 1 atom stereocenters. The van der Waals surface area contributed by atoms with Gasteiger partial charge >= 0.3 is 0 Å². The number of carbonyl (C=O) groups excluding carboxylic acids is 2. The van der Waals surface area contributed by atoms with Gasteiger partial charge < -0.3 is 19.7 Å². The molecule has 29 heavy (non-hydrogen) atoms. The van der Waals surface area contributed by atoms with E-state index >= 15 is 0 Å². The highest BCUT2D eigenvalue weighted by molar-refractivity contribution is 5.96. The average Bonchev–Trinajstić information content (AvgIpc) is 3.11. The first-order chi connectivity index (χ1) is 14.0. The lowest BCUT2D eigenvalue weighted by Crippen LogP contribution is -2.30. The first-order valence-electron chi connectivity index (χ1n) is 9.24. The van der Waals surface area contributed by atoms with E-state index in [2.05, 4.69) is 5.32 Å². The summed E-state index contributed by atoms with van der Waals surface area (Å²) in [7, 11) is 3.11. The second kappa shape index (κ2) is 9.23. The molecule has 1 fully saturated rings. The third-order valence-corrected chi connectivity index (χ3v) is 4.74. The van der Waals surface area contributed by atoms with Gasteiger partial charge in [0.1, 0.15) is 5.82 Å². The maximum absolute atomic E-state index is 13.1. The van der Waals surface area contributed by atoms with Crippen LogP contribution in [0, 0.1) is 11.7 Å². The molecule has 1 aliphatic rings. The monoisotopic (exact) mass is 398 g/mol. The van der Waals surface area contributed by atoms with E-state index in [1.165, 1.54) is 18.2 Å². The summed E-state index contributed by atoms with van der Waals surface area (Å²) < 4.78 is 23.5. The smallest absolute Gasteiger partial charge is 0.244 e. The molecule has 2 amide bonds. The number of amides is 2. The zero-order valence-corrected chi connectivity index (χ0v) is 16.4. The van der Waals surface area contributed by atoms with E-state index in [0.29, 0.717) is 36.7 Å². The van der Waals surface area contributed by atoms with Crippen molar-refractivity contribution < 1.29 is 23.5 Å². The van der Waals surface area contributed by atoms with Gasteiger partial charge in [-0.1, -0.05) is 6.07 Å². The Kier molecular flexibility index (Phi) is 6.49. The lowest BCUT2D eigenvalue weighted by atomic mass is 10.1. The molecule has 2 aromatic carbocycles. The predicted octanol–water partition coefficient (Wildman–Crippen LogP) is 3.03. The van der Waals surface area contributed by atoms with Crippen LogP contribution in [0.1, 0.15) is 12.0 Å². The van der Waals surface area contributed by atoms with E-state index in [4.69, 9.17) is 9.47 Å². The number of nitrogens with zero attached hydrogens (tertiary/aromatic N) is 1. The van der Waals surface area contributed by atoms with Crippen LogP contribution in [0.4, 0.5) is 10.1 Å². The summed E-state index contributed by atoms with van der Waals surface area (Å²) >= 11 is 0. The molecule has 3 rings (SSSR count). The van der Waals surface area contributed by atoms with Gasteiger partial charge in [-0.3, -0.25) is 9.59 Å². The fraction of sp³-hybridized carbons (Fsp3) is 0.273. The molecule has 0 saturated carbocycles. The van der Waals surface area contributed by atoms with Gasteiger partial charge in [-0.25, -0.2) is 4.39 Å². The number of carbonyl (C=O) groups is 2. The van der Waals surface area contributed by atoms with Crippen LogP contribution in [-0.2, 0) is 9.59 Å². The highest BCUT2D eigenvalue weighted by Gasteiger charge is 2.30. The number of benzene rings is 2. The lowest BCUT2D eigenvalue weighted by Gasteiger charge is -2.16. The second-order valence-corrected chi connectivity index (χ2v) is 6.74. The molecule has 152 valence electrons. The van der Waals surface area contributed by atoms with Gasteiger partial charge in [0.2, 0.25) is 11.8 Å². The fourth-order valence-electron chi connectivity index (χ4n) is 3.22. The van der Waals surface area contributed by atoms with E-state index in [9.17, 15) is 14.0 Å². The van der Waals surface area contributed by atoms with Crippen LogP contribution in [0.25, 0.3) is 6.08 Å². The summed E-state index contributed by atoms with van der Waals surface area (Å²) in [5.74, 6) is 0.590. The lowest BCUT2D eigenvalue weighted by molar-refractivity contribution is -0.118. The summed E-state index contributed by atoms with van der Waals surface area (Å²) in [5, 5.41) is 2.83. The zero-order chi connectivity index (χ0) is 20.8. The quantitative estimate of drug-likeness (QED) is 0.728. The molecular formula is C22H23FN2O4. The summed E-state index contributed by atoms with van der Waals surface area (Å²) in [6.07, 6.45) is 3.47. The molecule has 0 radical (unpaired) electrons. The van der Waals surface area contributed by atoms with E-state index in [0.717, 1.165) is 5.56 Å². The molecule has 0 bridgehead atoms. The van der Waals surface area contributed by atoms with Gasteiger partial charge in [0.25, 0.3) is 0 Å². The van der Waals surface area contributed by atoms with Crippen LogP contribution in [0.3, 0.4) is 0 Å². The van der Waals surface area contributed by atoms with E-state index in [1.807, 2.05) is 6.07 Å². The Labute approximate surface area is 168 Å². The number of halogens is 1. The molecule has 0 aliphatic carbocycles. The Balaban J connectivity index is 1.52. The summed E-state index contributed by atoms with van der Waals surface area (Å²) in [6.45, 7) is 0.878. The molecule has 7 heteroatoms. The number of anilines is 1. The van der Waals surface area contributed by atoms with Crippen LogP contribution >= 0.6 is 0 Å². The van der Waals surface area contributed by atoms with Crippen molar-refractivity contribution in [2.45, 2.75) is 6.42 Å². The highest BCUT2D eigenvalue weighted by Crippen LogP contribution is 2.28. The zero-order valence-electron chi connectivity index (χ0n) is 16.4. The Morgan fingerprint density at radius 2 is 1.90 bits per heavy atom. The van der Waals surface area contributed by atoms with Crippen LogP contribution < -0.4 is 19.7 Å². The largest absolute Gasteiger partial charge is 0.493 e. The van der Waals surface area contributed by atoms with Gasteiger partial charge in [-0.2, -0.15) is 0 Å². The number of rotatable bonds is 7. The maximum atomic E-state index is 13.1. The van der Waals surface area contributed by atoms with Gasteiger partial charge in [-0.05, 0) is 48.0 Å². The van der Waals surface area contributed by atoms with Crippen molar-refractivity contribution in [2.75, 3.05) is 32.2 Å². The minimum absolute atomic E-state index is 0.00554. The minimum Gasteiger partial charge on any atom is -0.493 e. The first kappa shape index (κ1) is 20.4. The highest BCUT2D eigenvalue weighted by atomic mass is 19.1. The number of hydrogen-bond donors (Lipinski definition) is 1. The summed E-state index contributed by atoms with van der Waals surface area (Å²) in [6, 6.07) is 11.2. The van der Waals surface area contributed by atoms with Crippen molar-refractivity contribution in [2.24, 2.45) is 5.92 Å². The van der Waals surface area contributed by atoms with Crippen LogP contribution in [0.2, 0.25) is 0 Å². The average molecular weight is 398 g/mol. The van der Waals surface area contributed by atoms with E-state index < -0.39 is 0 Å². The third-order valence-electron chi connectivity index (χ3n) is 4.74. The van der Waals surface area contributed by atoms with Crippen LogP contribution in [-0.4, -0.2) is 39.1 Å². The SMILES string of the molecule is COc1ccc(/C=C\C(=O)NCC2CC(=O)N(c3ccc(F)cc3)C2)cc1OC. The standard InChI is InChI=1S/C22H23FN2O4/c1-28-19-9-3-15(11-20(19)29-2)4-10-21(26)24-13-16-12-22(27)25(14-16)18-7-5-17(23)6-8-18/h3-11,16H,12-14H2,1-2H3,(H,24,26)/b10-4-. The summed E-state index contributed by atoms with van der Waals surface area (Å²) in [4.78, 5) is 26.0. The first-order valence-corrected chi connectivity index (χ1v) is 9.24. The molecule has 1 unspecified atom stereocenters. The number of hydrogen-bond acceptors (Lipinski definition) is 4. The van der Waals surface area contributed by atoms with Gasteiger partial charge in [0.05, 0.1) is 14.2 Å². The molecule has 2 aromatic rings. The molecule has 1 aliphatic heterocycles. The molecule has 1 N–H and O–H groups in total. The molecule has 6 nitrogen and oxygen atoms in total. The van der Waals surface area contributed by atoms with Crippen molar-refractivity contribution in [1.82, 2.24) is 5.32 Å². The Morgan fingerprint density at radius 3 is 2.59 bits per heavy atom. The van der Waals surface area contributed by atoms with Gasteiger partial charge in [0, 0.05) is 37.2 Å². The Morgan fingerprint density at radius 1 is 1.17 bits per heavy atom. The molecule has 0 spiro atoms. The van der Waals surface area contributed by atoms with Crippen molar-refractivity contribution in [1.29, 1.82) is 0 Å². The Hall–Kier alpha value is -3.35. The van der Waals surface area contributed by atoms with E-state index in [1.54, 1.807) is 49.5 Å². The second-order valence-electron chi connectivity index (χ2n) is 6.74. The predicted molar refractivity (Wildman–Crippen MR) is 108 cm³/mol. The van der Waals surface area contributed by atoms with E-state index in [-0.39, 0.29) is 23.5 Å².